The second-order valence-electron chi connectivity index (χ2n) is 4.46. The SMILES string of the molecule is CN1CCN(C)C(Cc2n[nH]c(CO)n2)C1. The lowest BCUT2D eigenvalue weighted by Gasteiger charge is -2.37. The van der Waals surface area contributed by atoms with Crippen molar-refractivity contribution in [3.63, 3.8) is 0 Å². The van der Waals surface area contributed by atoms with Crippen LogP contribution in [-0.4, -0.2) is 69.9 Å². The molecular weight excluding hydrogens is 206 g/mol. The maximum atomic E-state index is 8.90. The van der Waals surface area contributed by atoms with Gasteiger partial charge in [-0.25, -0.2) is 4.98 Å². The Morgan fingerprint density at radius 1 is 1.44 bits per heavy atom. The Kier molecular flexibility index (Phi) is 3.52. The summed E-state index contributed by atoms with van der Waals surface area (Å²) in [4.78, 5) is 8.89. The molecular formula is C10H19N5O. The Labute approximate surface area is 95.3 Å². The molecule has 0 aliphatic carbocycles. The quantitative estimate of drug-likeness (QED) is 0.697. The lowest BCUT2D eigenvalue weighted by Crippen LogP contribution is -2.50. The third-order valence-electron chi connectivity index (χ3n) is 3.13. The van der Waals surface area contributed by atoms with Crippen molar-refractivity contribution in [1.82, 2.24) is 25.0 Å². The highest BCUT2D eigenvalue weighted by atomic mass is 16.3. The van der Waals surface area contributed by atoms with E-state index in [0.29, 0.717) is 11.9 Å². The topological polar surface area (TPSA) is 68.3 Å². The number of hydrogen-bond acceptors (Lipinski definition) is 5. The number of hydrogen-bond donors (Lipinski definition) is 2. The first-order valence-corrected chi connectivity index (χ1v) is 5.59. The van der Waals surface area contributed by atoms with Gasteiger partial charge in [-0.3, -0.25) is 5.10 Å². The van der Waals surface area contributed by atoms with Crippen LogP contribution in [0.1, 0.15) is 11.6 Å². The molecule has 2 rings (SSSR count). The summed E-state index contributed by atoms with van der Waals surface area (Å²) in [5, 5.41) is 15.7. The molecule has 1 aromatic rings. The molecule has 0 bridgehead atoms. The highest BCUT2D eigenvalue weighted by Crippen LogP contribution is 2.10. The van der Waals surface area contributed by atoms with Crippen molar-refractivity contribution in [2.75, 3.05) is 33.7 Å². The van der Waals surface area contributed by atoms with Crippen LogP contribution in [0.5, 0.6) is 0 Å². The van der Waals surface area contributed by atoms with E-state index in [1.54, 1.807) is 0 Å². The summed E-state index contributed by atoms with van der Waals surface area (Å²) >= 11 is 0. The Hall–Kier alpha value is -0.980. The zero-order valence-corrected chi connectivity index (χ0v) is 9.85. The number of nitrogens with one attached hydrogen (secondary N) is 1. The molecule has 0 aromatic carbocycles. The van der Waals surface area contributed by atoms with Gasteiger partial charge in [0.15, 0.2) is 5.82 Å². The highest BCUT2D eigenvalue weighted by Gasteiger charge is 2.23. The van der Waals surface area contributed by atoms with Gasteiger partial charge in [-0.2, -0.15) is 5.10 Å². The van der Waals surface area contributed by atoms with Crippen LogP contribution in [-0.2, 0) is 13.0 Å². The molecule has 1 aromatic heterocycles. The molecule has 0 spiro atoms. The molecule has 16 heavy (non-hydrogen) atoms. The van der Waals surface area contributed by atoms with Gasteiger partial charge >= 0.3 is 0 Å². The van der Waals surface area contributed by atoms with Gasteiger partial charge in [0.2, 0.25) is 0 Å². The van der Waals surface area contributed by atoms with Gasteiger partial charge in [0.1, 0.15) is 12.4 Å². The Balaban J connectivity index is 1.97. The van der Waals surface area contributed by atoms with Crippen LogP contribution >= 0.6 is 0 Å². The van der Waals surface area contributed by atoms with Gasteiger partial charge < -0.3 is 14.9 Å². The molecule has 2 N–H and O–H groups in total. The van der Waals surface area contributed by atoms with E-state index in [0.717, 1.165) is 31.9 Å². The predicted octanol–water partition coefficient (Wildman–Crippen LogP) is -0.915. The number of aromatic amines is 1. The van der Waals surface area contributed by atoms with Crippen molar-refractivity contribution in [3.05, 3.63) is 11.6 Å². The maximum Gasteiger partial charge on any atom is 0.152 e. The van der Waals surface area contributed by atoms with E-state index in [1.165, 1.54) is 0 Å². The number of aliphatic hydroxyl groups is 1. The number of aromatic nitrogens is 3. The van der Waals surface area contributed by atoms with E-state index in [1.807, 2.05) is 0 Å². The van der Waals surface area contributed by atoms with Gasteiger partial charge in [-0.1, -0.05) is 0 Å². The van der Waals surface area contributed by atoms with Crippen LogP contribution in [0.3, 0.4) is 0 Å². The van der Waals surface area contributed by atoms with Crippen molar-refractivity contribution in [2.45, 2.75) is 19.1 Å². The second kappa shape index (κ2) is 4.90. The van der Waals surface area contributed by atoms with Crippen LogP contribution in [0.15, 0.2) is 0 Å². The Bertz CT molecular complexity index is 340. The van der Waals surface area contributed by atoms with Crippen LogP contribution in [0.2, 0.25) is 0 Å². The number of H-pyrrole nitrogens is 1. The molecule has 0 saturated carbocycles. The third kappa shape index (κ3) is 2.58. The largest absolute Gasteiger partial charge is 0.388 e. The monoisotopic (exact) mass is 225 g/mol. The molecule has 1 aliphatic heterocycles. The van der Waals surface area contributed by atoms with Gasteiger partial charge in [0, 0.05) is 32.1 Å². The Morgan fingerprint density at radius 3 is 2.94 bits per heavy atom. The normalized spacial score (nSPS) is 23.8. The maximum absolute atomic E-state index is 8.90. The molecule has 1 aliphatic rings. The van der Waals surface area contributed by atoms with E-state index >= 15 is 0 Å². The summed E-state index contributed by atoms with van der Waals surface area (Å²) in [7, 11) is 4.27. The molecule has 0 radical (unpaired) electrons. The second-order valence-corrected chi connectivity index (χ2v) is 4.46. The number of rotatable bonds is 3. The zero-order valence-electron chi connectivity index (χ0n) is 9.85. The van der Waals surface area contributed by atoms with E-state index in [4.69, 9.17) is 5.11 Å². The number of likely N-dealkylation sites (N-methyl/N-ethyl adjacent to an activating group) is 2. The molecule has 6 nitrogen and oxygen atoms in total. The molecule has 1 saturated heterocycles. The van der Waals surface area contributed by atoms with Gasteiger partial charge in [0.05, 0.1) is 0 Å². The van der Waals surface area contributed by atoms with Crippen LogP contribution in [0.25, 0.3) is 0 Å². The summed E-state index contributed by atoms with van der Waals surface area (Å²) in [6.45, 7) is 3.16. The summed E-state index contributed by atoms with van der Waals surface area (Å²) < 4.78 is 0. The van der Waals surface area contributed by atoms with Gasteiger partial charge in [-0.15, -0.1) is 0 Å². The van der Waals surface area contributed by atoms with Crippen LogP contribution < -0.4 is 0 Å². The van der Waals surface area contributed by atoms with Crippen molar-refractivity contribution in [2.24, 2.45) is 0 Å². The minimum Gasteiger partial charge on any atom is -0.388 e. The first kappa shape index (κ1) is 11.5. The molecule has 1 unspecified atom stereocenters. The van der Waals surface area contributed by atoms with E-state index < -0.39 is 0 Å². The van der Waals surface area contributed by atoms with E-state index in [2.05, 4.69) is 39.1 Å². The number of aliphatic hydroxyl groups excluding tert-OH is 1. The van der Waals surface area contributed by atoms with E-state index in [9.17, 15) is 0 Å². The summed E-state index contributed by atoms with van der Waals surface area (Å²) in [6, 6.07) is 0.459. The van der Waals surface area contributed by atoms with E-state index in [-0.39, 0.29) is 6.61 Å². The Morgan fingerprint density at radius 2 is 2.25 bits per heavy atom. The van der Waals surface area contributed by atoms with Gasteiger partial charge in [0.25, 0.3) is 0 Å². The fraction of sp³-hybridized carbons (Fsp3) is 0.800. The molecule has 6 heteroatoms. The van der Waals surface area contributed by atoms with Crippen molar-refractivity contribution < 1.29 is 5.11 Å². The molecule has 2 heterocycles. The number of nitrogens with zero attached hydrogens (tertiary/aromatic N) is 4. The fourth-order valence-electron chi connectivity index (χ4n) is 2.03. The summed E-state index contributed by atoms with van der Waals surface area (Å²) in [5.74, 6) is 1.33. The van der Waals surface area contributed by atoms with Crippen LogP contribution in [0, 0.1) is 0 Å². The third-order valence-corrected chi connectivity index (χ3v) is 3.13. The van der Waals surface area contributed by atoms with Crippen molar-refractivity contribution in [3.8, 4) is 0 Å². The molecule has 1 atom stereocenters. The van der Waals surface area contributed by atoms with Crippen molar-refractivity contribution >= 4 is 0 Å². The first-order chi connectivity index (χ1) is 7.69. The average molecular weight is 225 g/mol. The fourth-order valence-corrected chi connectivity index (χ4v) is 2.03. The molecule has 1 fully saturated rings. The highest BCUT2D eigenvalue weighted by molar-refractivity contribution is 4.94. The lowest BCUT2D eigenvalue weighted by molar-refractivity contribution is 0.113. The van der Waals surface area contributed by atoms with Gasteiger partial charge in [-0.05, 0) is 14.1 Å². The standard InChI is InChI=1S/C10H19N5O/c1-14-3-4-15(2)8(6-14)5-9-11-10(7-16)13-12-9/h8,16H,3-7H2,1-2H3,(H,11,12,13). The zero-order chi connectivity index (χ0) is 11.5. The summed E-state index contributed by atoms with van der Waals surface area (Å²) in [6.07, 6.45) is 0.831. The molecule has 0 amide bonds. The summed E-state index contributed by atoms with van der Waals surface area (Å²) in [5.41, 5.74) is 0. The average Bonchev–Trinajstić information content (AvgIpc) is 2.71. The predicted molar refractivity (Wildman–Crippen MR) is 59.9 cm³/mol. The minimum absolute atomic E-state index is 0.0760. The van der Waals surface area contributed by atoms with Crippen molar-refractivity contribution in [1.29, 1.82) is 0 Å². The lowest BCUT2D eigenvalue weighted by atomic mass is 10.1. The first-order valence-electron chi connectivity index (χ1n) is 5.59. The minimum atomic E-state index is -0.0760. The van der Waals surface area contributed by atoms with Crippen LogP contribution in [0.4, 0.5) is 0 Å². The number of piperazine rings is 1. The molecule has 90 valence electrons. The smallest absolute Gasteiger partial charge is 0.152 e.